The first-order chi connectivity index (χ1) is 11.6. The monoisotopic (exact) mass is 338 g/mol. The Morgan fingerprint density at radius 1 is 1.29 bits per heavy atom. The van der Waals surface area contributed by atoms with Gasteiger partial charge in [0, 0.05) is 38.5 Å². The van der Waals surface area contributed by atoms with Gasteiger partial charge in [-0.05, 0) is 57.0 Å². The molecule has 2 fully saturated rings. The topological polar surface area (TPSA) is 87.5 Å². The SMILES string of the molecule is CC(CC(=O)N1CCCCC1CNC(=O)CCN)C1CCCNC1. The van der Waals surface area contributed by atoms with Crippen LogP contribution >= 0.6 is 0 Å². The van der Waals surface area contributed by atoms with Crippen LogP contribution in [0.1, 0.15) is 51.9 Å². The molecule has 6 nitrogen and oxygen atoms in total. The molecule has 2 saturated heterocycles. The van der Waals surface area contributed by atoms with Crippen molar-refractivity contribution in [1.82, 2.24) is 15.5 Å². The molecule has 0 spiro atoms. The summed E-state index contributed by atoms with van der Waals surface area (Å²) in [4.78, 5) is 26.5. The first kappa shape index (κ1) is 19.2. The molecular formula is C18H34N4O2. The Kier molecular flexibility index (Phi) is 7.99. The summed E-state index contributed by atoms with van der Waals surface area (Å²) in [6.07, 6.45) is 6.59. The predicted molar refractivity (Wildman–Crippen MR) is 95.4 cm³/mol. The molecule has 3 atom stereocenters. The van der Waals surface area contributed by atoms with Gasteiger partial charge in [0.25, 0.3) is 0 Å². The second-order valence-electron chi connectivity index (χ2n) is 7.37. The van der Waals surface area contributed by atoms with Gasteiger partial charge < -0.3 is 21.3 Å². The zero-order valence-corrected chi connectivity index (χ0v) is 15.1. The Morgan fingerprint density at radius 3 is 2.83 bits per heavy atom. The highest BCUT2D eigenvalue weighted by Crippen LogP contribution is 2.25. The average molecular weight is 338 g/mol. The van der Waals surface area contributed by atoms with Crippen molar-refractivity contribution in [3.8, 4) is 0 Å². The van der Waals surface area contributed by atoms with Gasteiger partial charge in [-0.3, -0.25) is 9.59 Å². The maximum absolute atomic E-state index is 12.8. The normalized spacial score (nSPS) is 26.0. The first-order valence-electron chi connectivity index (χ1n) is 9.58. The van der Waals surface area contributed by atoms with Crippen molar-refractivity contribution in [2.45, 2.75) is 57.9 Å². The van der Waals surface area contributed by atoms with E-state index >= 15 is 0 Å². The first-order valence-corrected chi connectivity index (χ1v) is 9.58. The summed E-state index contributed by atoms with van der Waals surface area (Å²) in [7, 11) is 0. The van der Waals surface area contributed by atoms with Gasteiger partial charge in [0.1, 0.15) is 0 Å². The van der Waals surface area contributed by atoms with E-state index in [2.05, 4.69) is 17.6 Å². The molecule has 24 heavy (non-hydrogen) atoms. The summed E-state index contributed by atoms with van der Waals surface area (Å²) in [5.74, 6) is 1.26. The number of carbonyl (C=O) groups excluding carboxylic acids is 2. The summed E-state index contributed by atoms with van der Waals surface area (Å²) in [5, 5.41) is 6.37. The van der Waals surface area contributed by atoms with E-state index in [9.17, 15) is 9.59 Å². The molecule has 2 heterocycles. The van der Waals surface area contributed by atoms with Crippen molar-refractivity contribution >= 4 is 11.8 Å². The second-order valence-corrected chi connectivity index (χ2v) is 7.37. The fraction of sp³-hybridized carbons (Fsp3) is 0.889. The number of piperidine rings is 2. The molecule has 0 aromatic carbocycles. The van der Waals surface area contributed by atoms with Gasteiger partial charge in [-0.2, -0.15) is 0 Å². The molecule has 6 heteroatoms. The van der Waals surface area contributed by atoms with Gasteiger partial charge in [0.2, 0.25) is 11.8 Å². The number of likely N-dealkylation sites (tertiary alicyclic amines) is 1. The molecule has 0 aromatic heterocycles. The van der Waals surface area contributed by atoms with Crippen LogP contribution in [-0.2, 0) is 9.59 Å². The zero-order valence-electron chi connectivity index (χ0n) is 15.1. The fourth-order valence-electron chi connectivity index (χ4n) is 3.92. The van der Waals surface area contributed by atoms with Crippen LogP contribution in [0.2, 0.25) is 0 Å². The molecule has 0 bridgehead atoms. The molecule has 4 N–H and O–H groups in total. The minimum atomic E-state index is -0.0166. The standard InChI is InChI=1S/C18H34N4O2/c1-14(15-5-4-9-20-12-15)11-18(24)22-10-3-2-6-16(22)13-21-17(23)7-8-19/h14-16,20H,2-13,19H2,1H3,(H,21,23). The van der Waals surface area contributed by atoms with Crippen LogP contribution in [0.15, 0.2) is 0 Å². The van der Waals surface area contributed by atoms with Gasteiger partial charge in [-0.1, -0.05) is 6.92 Å². The Morgan fingerprint density at radius 2 is 2.12 bits per heavy atom. The van der Waals surface area contributed by atoms with E-state index in [4.69, 9.17) is 5.73 Å². The van der Waals surface area contributed by atoms with Crippen LogP contribution in [-0.4, -0.2) is 55.5 Å². The van der Waals surface area contributed by atoms with Gasteiger partial charge >= 0.3 is 0 Å². The number of hydrogen-bond donors (Lipinski definition) is 3. The third-order valence-electron chi connectivity index (χ3n) is 5.49. The number of carbonyl (C=O) groups is 2. The van der Waals surface area contributed by atoms with Crippen LogP contribution in [0.25, 0.3) is 0 Å². The number of nitrogens with two attached hydrogens (primary N) is 1. The highest BCUT2D eigenvalue weighted by Gasteiger charge is 2.29. The van der Waals surface area contributed by atoms with Crippen molar-refractivity contribution in [2.24, 2.45) is 17.6 Å². The fourth-order valence-corrected chi connectivity index (χ4v) is 3.92. The molecule has 0 aromatic rings. The molecule has 0 radical (unpaired) electrons. The smallest absolute Gasteiger partial charge is 0.223 e. The molecule has 138 valence electrons. The van der Waals surface area contributed by atoms with Crippen molar-refractivity contribution in [1.29, 1.82) is 0 Å². The zero-order chi connectivity index (χ0) is 17.4. The minimum absolute atomic E-state index is 0.0166. The number of nitrogens with zero attached hydrogens (tertiary/aromatic N) is 1. The second kappa shape index (κ2) is 9.99. The van der Waals surface area contributed by atoms with Crippen molar-refractivity contribution in [3.05, 3.63) is 0 Å². The minimum Gasteiger partial charge on any atom is -0.354 e. The van der Waals surface area contributed by atoms with Crippen molar-refractivity contribution < 1.29 is 9.59 Å². The lowest BCUT2D eigenvalue weighted by Gasteiger charge is -2.37. The van der Waals surface area contributed by atoms with Gasteiger partial charge in [0.05, 0.1) is 0 Å². The molecule has 2 aliphatic rings. The van der Waals surface area contributed by atoms with E-state index in [0.29, 0.717) is 37.8 Å². The van der Waals surface area contributed by atoms with Crippen LogP contribution < -0.4 is 16.4 Å². The molecule has 0 aliphatic carbocycles. The van der Waals surface area contributed by atoms with E-state index in [-0.39, 0.29) is 17.9 Å². The van der Waals surface area contributed by atoms with Crippen LogP contribution in [0.4, 0.5) is 0 Å². The van der Waals surface area contributed by atoms with Crippen LogP contribution in [0, 0.1) is 11.8 Å². The third kappa shape index (κ3) is 5.74. The number of rotatable bonds is 7. The van der Waals surface area contributed by atoms with Gasteiger partial charge in [-0.25, -0.2) is 0 Å². The largest absolute Gasteiger partial charge is 0.354 e. The molecular weight excluding hydrogens is 304 g/mol. The molecule has 2 aliphatic heterocycles. The van der Waals surface area contributed by atoms with E-state index in [1.54, 1.807) is 0 Å². The molecule has 2 amide bonds. The van der Waals surface area contributed by atoms with Crippen LogP contribution in [0.5, 0.6) is 0 Å². The summed E-state index contributed by atoms with van der Waals surface area (Å²) in [5.41, 5.74) is 5.41. The number of nitrogens with one attached hydrogen (secondary N) is 2. The average Bonchev–Trinajstić information content (AvgIpc) is 2.61. The maximum atomic E-state index is 12.8. The molecule has 3 unspecified atom stereocenters. The van der Waals surface area contributed by atoms with Crippen molar-refractivity contribution in [3.63, 3.8) is 0 Å². The van der Waals surface area contributed by atoms with E-state index in [0.717, 1.165) is 38.9 Å². The quantitative estimate of drug-likeness (QED) is 0.642. The van der Waals surface area contributed by atoms with Crippen LogP contribution in [0.3, 0.4) is 0 Å². The lowest BCUT2D eigenvalue weighted by Crippen LogP contribution is -2.50. The summed E-state index contributed by atoms with van der Waals surface area (Å²) < 4.78 is 0. The van der Waals surface area contributed by atoms with Gasteiger partial charge in [-0.15, -0.1) is 0 Å². The summed E-state index contributed by atoms with van der Waals surface area (Å²) >= 11 is 0. The summed E-state index contributed by atoms with van der Waals surface area (Å²) in [6, 6.07) is 0.143. The Labute approximate surface area is 145 Å². The summed E-state index contributed by atoms with van der Waals surface area (Å²) in [6.45, 7) is 6.10. The van der Waals surface area contributed by atoms with E-state index in [1.807, 2.05) is 4.90 Å². The Balaban J connectivity index is 1.83. The highest BCUT2D eigenvalue weighted by molar-refractivity contribution is 5.78. The number of amides is 2. The van der Waals surface area contributed by atoms with E-state index < -0.39 is 0 Å². The Hall–Kier alpha value is -1.14. The Bertz CT molecular complexity index is 410. The molecule has 0 saturated carbocycles. The lowest BCUT2D eigenvalue weighted by atomic mass is 9.85. The van der Waals surface area contributed by atoms with Crippen molar-refractivity contribution in [2.75, 3.05) is 32.7 Å². The molecule has 2 rings (SSSR count). The van der Waals surface area contributed by atoms with E-state index in [1.165, 1.54) is 12.8 Å². The lowest BCUT2D eigenvalue weighted by molar-refractivity contribution is -0.136. The number of hydrogen-bond acceptors (Lipinski definition) is 4. The predicted octanol–water partition coefficient (Wildman–Crippen LogP) is 0.858. The highest BCUT2D eigenvalue weighted by atomic mass is 16.2. The van der Waals surface area contributed by atoms with Gasteiger partial charge in [0.15, 0.2) is 0 Å². The maximum Gasteiger partial charge on any atom is 0.223 e. The third-order valence-corrected chi connectivity index (χ3v) is 5.49.